The van der Waals surface area contributed by atoms with Crippen molar-refractivity contribution in [1.82, 2.24) is 24.9 Å². The monoisotopic (exact) mass is 601 g/mol. The van der Waals surface area contributed by atoms with Crippen LogP contribution in [-0.4, -0.2) is 90.2 Å². The van der Waals surface area contributed by atoms with E-state index in [2.05, 4.69) is 27.4 Å². The van der Waals surface area contributed by atoms with Crippen LogP contribution >= 0.6 is 0 Å². The number of alkyl halides is 1. The number of likely N-dealkylation sites (tertiary alicyclic amines) is 1. The second-order valence-corrected chi connectivity index (χ2v) is 9.95. The zero-order valence-electron chi connectivity index (χ0n) is 25.7. The van der Waals surface area contributed by atoms with Crippen LogP contribution in [0.2, 0.25) is 0 Å². The average Bonchev–Trinajstić information content (AvgIpc) is 3.18. The fourth-order valence-corrected chi connectivity index (χ4v) is 5.09. The van der Waals surface area contributed by atoms with Crippen LogP contribution in [0.25, 0.3) is 0 Å². The van der Waals surface area contributed by atoms with Gasteiger partial charge in [-0.3, -0.25) is 23.7 Å². The maximum absolute atomic E-state index is 12.1. The Labute approximate surface area is 257 Å². The third kappa shape index (κ3) is 11.0. The second-order valence-electron chi connectivity index (χ2n) is 9.95. The molecule has 0 bridgehead atoms. The van der Waals surface area contributed by atoms with E-state index in [0.717, 1.165) is 42.6 Å². The molecule has 2 unspecified atom stereocenters. The minimum atomic E-state index is -0.373. The van der Waals surface area contributed by atoms with E-state index in [1.54, 1.807) is 6.20 Å². The Morgan fingerprint density at radius 3 is 2.67 bits per heavy atom. The number of nitrogens with zero attached hydrogens (tertiary/aromatic N) is 5. The van der Waals surface area contributed by atoms with Gasteiger partial charge in [0.15, 0.2) is 6.29 Å². The summed E-state index contributed by atoms with van der Waals surface area (Å²) >= 11 is 0. The molecule has 0 radical (unpaired) electrons. The second kappa shape index (κ2) is 20.5. The van der Waals surface area contributed by atoms with Crippen molar-refractivity contribution in [3.63, 3.8) is 0 Å². The Balaban J connectivity index is 0.000000379. The lowest BCUT2D eigenvalue weighted by Gasteiger charge is -2.34. The molecule has 1 saturated heterocycles. The molecule has 0 saturated carbocycles. The van der Waals surface area contributed by atoms with Crippen molar-refractivity contribution in [2.45, 2.75) is 84.8 Å². The van der Waals surface area contributed by atoms with E-state index in [9.17, 15) is 14.0 Å². The number of nitrogens with one attached hydrogen (secondary N) is 1. The number of aliphatic imine (C=N–C) groups is 1. The van der Waals surface area contributed by atoms with Gasteiger partial charge in [-0.2, -0.15) is 5.10 Å². The summed E-state index contributed by atoms with van der Waals surface area (Å²) in [4.78, 5) is 32.0. The summed E-state index contributed by atoms with van der Waals surface area (Å²) in [7, 11) is 4.56. The van der Waals surface area contributed by atoms with Gasteiger partial charge in [0.1, 0.15) is 11.9 Å². The number of carbonyl (C=O) groups excluding carboxylic acids is 2. The quantitative estimate of drug-likeness (QED) is 0.367. The summed E-state index contributed by atoms with van der Waals surface area (Å²) in [5, 5.41) is 7.24. The number of ether oxygens (including phenoxy) is 1. The van der Waals surface area contributed by atoms with E-state index in [-0.39, 0.29) is 25.5 Å². The van der Waals surface area contributed by atoms with Gasteiger partial charge in [-0.1, -0.05) is 52.0 Å². The summed E-state index contributed by atoms with van der Waals surface area (Å²) in [5.41, 5.74) is 9.05. The van der Waals surface area contributed by atoms with Crippen LogP contribution in [-0.2, 0) is 22.7 Å². The highest BCUT2D eigenvalue weighted by Crippen LogP contribution is 2.21. The lowest BCUT2D eigenvalue weighted by Crippen LogP contribution is -2.55. The van der Waals surface area contributed by atoms with E-state index >= 15 is 0 Å². The predicted octanol–water partition coefficient (Wildman–Crippen LogP) is 4.38. The first-order chi connectivity index (χ1) is 20.5. The van der Waals surface area contributed by atoms with E-state index in [0.29, 0.717) is 45.1 Å². The van der Waals surface area contributed by atoms with Crippen molar-refractivity contribution in [2.75, 3.05) is 34.4 Å². The Kier molecular flexibility index (Phi) is 17.9. The number of aldehydes is 1. The first-order valence-electron chi connectivity index (χ1n) is 14.7. The number of aromatic nitrogens is 2. The van der Waals surface area contributed by atoms with Crippen molar-refractivity contribution in [3.8, 4) is 0 Å². The summed E-state index contributed by atoms with van der Waals surface area (Å²) < 4.78 is 16.8. The van der Waals surface area contributed by atoms with Gasteiger partial charge in [0.2, 0.25) is 5.91 Å². The standard InChI is InChI=1S/C15H26N4O.C13H13N3O2.C2H6.CH3F.CH4/c1-18-9-5-3-7-12(18)11-14(20)17-15(16)13-8-4-6-10-19(13)2;17-8-11-13(10-4-2-1-3-5-14-10)12-9-18-7-6-16(12)15-11;2*1-2;/h4,6,8,10,12-13,15H,3,5,7,9,11,16H2,1-2H3,(H,17,20);2-5,8H,1,6-7,9H2;1-2H3;1H3;1H4/t12-,13?,15?;;;;/m0..../s1. The highest BCUT2D eigenvalue weighted by Gasteiger charge is 2.25. The Bertz CT molecular complexity index is 1140. The largest absolute Gasteiger partial charge is 0.373 e. The number of allylic oxidation sites excluding steroid dienone is 5. The Hall–Kier alpha value is -3.41. The van der Waals surface area contributed by atoms with Crippen LogP contribution in [0.5, 0.6) is 0 Å². The molecule has 11 heteroatoms. The number of halogens is 1. The number of rotatable bonds is 6. The number of hydrogen-bond acceptors (Lipinski definition) is 8. The van der Waals surface area contributed by atoms with Crippen LogP contribution in [0, 0.1) is 0 Å². The molecule has 3 N–H and O–H groups in total. The summed E-state index contributed by atoms with van der Waals surface area (Å²) in [6.45, 7) is 6.88. The van der Waals surface area contributed by atoms with Gasteiger partial charge >= 0.3 is 0 Å². The molecule has 3 atom stereocenters. The molecule has 1 amide bonds. The molecular formula is C32H52FN7O3. The lowest BCUT2D eigenvalue weighted by atomic mass is 9.99. The molecule has 4 aliphatic heterocycles. The predicted molar refractivity (Wildman–Crippen MR) is 173 cm³/mol. The first-order valence-corrected chi connectivity index (χ1v) is 14.7. The van der Waals surface area contributed by atoms with E-state index in [1.165, 1.54) is 12.8 Å². The van der Waals surface area contributed by atoms with Crippen molar-refractivity contribution < 1.29 is 18.7 Å². The fourth-order valence-electron chi connectivity index (χ4n) is 5.09. The molecule has 10 nitrogen and oxygen atoms in total. The molecule has 1 aromatic heterocycles. The van der Waals surface area contributed by atoms with Gasteiger partial charge in [0.05, 0.1) is 49.9 Å². The molecule has 1 fully saturated rings. The van der Waals surface area contributed by atoms with Crippen LogP contribution in [0.4, 0.5) is 4.39 Å². The SMILES string of the molecule is C.CC.CF.CN1C=CC=CC1C(N)NC(=O)C[C@@H]1CCCCN1C.O=Cc1nn2c(c1C1=NC=CCC=C1)COCC2. The van der Waals surface area contributed by atoms with Gasteiger partial charge in [-0.05, 0) is 51.2 Å². The maximum Gasteiger partial charge on any atom is 0.222 e. The number of fused-ring (bicyclic) bond motifs is 1. The molecule has 43 heavy (non-hydrogen) atoms. The first kappa shape index (κ1) is 37.6. The third-order valence-electron chi connectivity index (χ3n) is 7.25. The zero-order valence-corrected chi connectivity index (χ0v) is 25.7. The summed E-state index contributed by atoms with van der Waals surface area (Å²) in [5.74, 6) is 0.0487. The van der Waals surface area contributed by atoms with Crippen LogP contribution in [0.1, 0.15) is 75.1 Å². The summed E-state index contributed by atoms with van der Waals surface area (Å²) in [6, 6.07) is 0.378. The molecule has 0 aromatic carbocycles. The smallest absolute Gasteiger partial charge is 0.222 e. The highest BCUT2D eigenvalue weighted by atomic mass is 19.1. The van der Waals surface area contributed by atoms with Crippen LogP contribution in [0.3, 0.4) is 0 Å². The molecular weight excluding hydrogens is 549 g/mol. The molecule has 5 rings (SSSR count). The number of hydrogen-bond donors (Lipinski definition) is 2. The highest BCUT2D eigenvalue weighted by molar-refractivity contribution is 6.13. The number of amides is 1. The zero-order chi connectivity index (χ0) is 30.9. The number of likely N-dealkylation sites (N-methyl/N-ethyl adjacent to an activating group) is 1. The Morgan fingerprint density at radius 1 is 1.21 bits per heavy atom. The van der Waals surface area contributed by atoms with Crippen LogP contribution in [0.15, 0.2) is 53.8 Å². The van der Waals surface area contributed by atoms with E-state index in [4.69, 9.17) is 10.5 Å². The van der Waals surface area contributed by atoms with Crippen molar-refractivity contribution in [3.05, 3.63) is 65.8 Å². The Morgan fingerprint density at radius 2 is 1.98 bits per heavy atom. The average molecular weight is 602 g/mol. The lowest BCUT2D eigenvalue weighted by molar-refractivity contribution is -0.123. The van der Waals surface area contributed by atoms with Gasteiger partial charge in [-0.25, -0.2) is 0 Å². The molecule has 0 aliphatic carbocycles. The molecule has 5 heterocycles. The molecule has 240 valence electrons. The number of piperidine rings is 1. The number of nitrogens with two attached hydrogens (primary N) is 1. The normalized spacial score (nSPS) is 21.1. The number of carbonyl (C=O) groups is 2. The summed E-state index contributed by atoms with van der Waals surface area (Å²) in [6.07, 6.45) is 20.9. The third-order valence-corrected chi connectivity index (χ3v) is 7.25. The minimum Gasteiger partial charge on any atom is -0.373 e. The topological polar surface area (TPSA) is 118 Å². The van der Waals surface area contributed by atoms with Gasteiger partial charge in [0.25, 0.3) is 0 Å². The van der Waals surface area contributed by atoms with Crippen LogP contribution < -0.4 is 11.1 Å². The van der Waals surface area contributed by atoms with Gasteiger partial charge in [0, 0.05) is 25.7 Å². The van der Waals surface area contributed by atoms with E-state index < -0.39 is 0 Å². The fraction of sp³-hybridized carbons (Fsp3) is 0.562. The van der Waals surface area contributed by atoms with Crippen molar-refractivity contribution in [2.24, 2.45) is 10.7 Å². The minimum absolute atomic E-state index is 0. The maximum atomic E-state index is 12.1. The van der Waals surface area contributed by atoms with Gasteiger partial charge < -0.3 is 25.6 Å². The van der Waals surface area contributed by atoms with Crippen molar-refractivity contribution in [1.29, 1.82) is 0 Å². The molecule has 0 spiro atoms. The van der Waals surface area contributed by atoms with Crippen molar-refractivity contribution >= 4 is 17.9 Å². The van der Waals surface area contributed by atoms with Gasteiger partial charge in [-0.15, -0.1) is 0 Å². The molecule has 1 aromatic rings. The molecule has 4 aliphatic rings. The van der Waals surface area contributed by atoms with E-state index in [1.807, 2.05) is 73.1 Å².